The van der Waals surface area contributed by atoms with Crippen molar-refractivity contribution in [2.45, 2.75) is 26.4 Å². The lowest BCUT2D eigenvalue weighted by atomic mass is 10.2. The summed E-state index contributed by atoms with van der Waals surface area (Å²) in [6.07, 6.45) is 0.960. The van der Waals surface area contributed by atoms with Gasteiger partial charge in [0.1, 0.15) is 0 Å². The van der Waals surface area contributed by atoms with Gasteiger partial charge in [-0.1, -0.05) is 18.2 Å². The number of aromatic amines is 1. The summed E-state index contributed by atoms with van der Waals surface area (Å²) in [5.41, 5.74) is 0.624. The van der Waals surface area contributed by atoms with Gasteiger partial charge in [0.2, 0.25) is 0 Å². The van der Waals surface area contributed by atoms with E-state index in [1.54, 1.807) is 6.07 Å². The van der Waals surface area contributed by atoms with Gasteiger partial charge in [0.15, 0.2) is 0 Å². The number of benzene rings is 1. The minimum Gasteiger partial charge on any atom is -0.379 e. The standard InChI is InChI=1S/C18H20N2O3S/c1-11(2)23-9-5-8-19-18(22)15-10-13-16(24-15)12-6-3-4-7-14(12)20-17(13)21/h3-4,6-7,10-11H,5,8-9H2,1-2H3,(H,19,22)(H,20,21). The van der Waals surface area contributed by atoms with Crippen molar-refractivity contribution in [3.63, 3.8) is 0 Å². The zero-order valence-corrected chi connectivity index (χ0v) is 14.5. The molecule has 24 heavy (non-hydrogen) atoms. The summed E-state index contributed by atoms with van der Waals surface area (Å²) in [6, 6.07) is 9.30. The molecule has 0 bridgehead atoms. The number of thiophene rings is 1. The van der Waals surface area contributed by atoms with E-state index in [4.69, 9.17) is 4.74 Å². The molecule has 2 aromatic heterocycles. The van der Waals surface area contributed by atoms with Crippen LogP contribution in [0.4, 0.5) is 0 Å². The van der Waals surface area contributed by atoms with Crippen molar-refractivity contribution in [3.8, 4) is 0 Å². The molecule has 0 aliphatic rings. The average molecular weight is 344 g/mol. The molecule has 2 N–H and O–H groups in total. The van der Waals surface area contributed by atoms with Crippen LogP contribution in [0.1, 0.15) is 29.9 Å². The van der Waals surface area contributed by atoms with Crippen LogP contribution in [0, 0.1) is 0 Å². The normalized spacial score (nSPS) is 11.5. The van der Waals surface area contributed by atoms with Gasteiger partial charge in [-0.15, -0.1) is 11.3 Å². The van der Waals surface area contributed by atoms with E-state index in [9.17, 15) is 9.59 Å². The minimum absolute atomic E-state index is 0.149. The van der Waals surface area contributed by atoms with Gasteiger partial charge in [-0.05, 0) is 32.4 Å². The Labute approximate surface area is 143 Å². The summed E-state index contributed by atoms with van der Waals surface area (Å²) in [5.74, 6) is -0.149. The van der Waals surface area contributed by atoms with E-state index in [-0.39, 0.29) is 17.6 Å². The maximum absolute atomic E-state index is 12.3. The topological polar surface area (TPSA) is 71.2 Å². The molecule has 5 nitrogen and oxygen atoms in total. The van der Waals surface area contributed by atoms with Crippen LogP contribution < -0.4 is 10.9 Å². The third kappa shape index (κ3) is 3.49. The number of amides is 1. The number of H-pyrrole nitrogens is 1. The highest BCUT2D eigenvalue weighted by Crippen LogP contribution is 2.29. The molecular weight excluding hydrogens is 324 g/mol. The number of carbonyl (C=O) groups excluding carboxylic acids is 1. The molecule has 126 valence electrons. The lowest BCUT2D eigenvalue weighted by molar-refractivity contribution is 0.0757. The Kier molecular flexibility index (Phi) is 4.97. The van der Waals surface area contributed by atoms with Crippen LogP contribution in [-0.4, -0.2) is 30.1 Å². The number of nitrogens with one attached hydrogen (secondary N) is 2. The van der Waals surface area contributed by atoms with Gasteiger partial charge in [0.05, 0.1) is 16.4 Å². The number of fused-ring (bicyclic) bond motifs is 3. The highest BCUT2D eigenvalue weighted by Gasteiger charge is 2.14. The van der Waals surface area contributed by atoms with Crippen molar-refractivity contribution in [1.82, 2.24) is 10.3 Å². The van der Waals surface area contributed by atoms with Crippen LogP contribution in [0.3, 0.4) is 0 Å². The second kappa shape index (κ2) is 7.15. The van der Waals surface area contributed by atoms with E-state index < -0.39 is 0 Å². The molecule has 3 rings (SSSR count). The molecule has 0 atom stereocenters. The van der Waals surface area contributed by atoms with Crippen LogP contribution in [0.5, 0.6) is 0 Å². The smallest absolute Gasteiger partial charge is 0.261 e. The van der Waals surface area contributed by atoms with Crippen LogP contribution in [0.2, 0.25) is 0 Å². The zero-order chi connectivity index (χ0) is 17.1. The van der Waals surface area contributed by atoms with Crippen LogP contribution in [0.15, 0.2) is 35.1 Å². The SMILES string of the molecule is CC(C)OCCCNC(=O)c1cc2c(=O)[nH]c3ccccc3c2s1. The third-order valence-corrected chi connectivity index (χ3v) is 4.85. The van der Waals surface area contributed by atoms with Crippen molar-refractivity contribution in [2.75, 3.05) is 13.2 Å². The number of aromatic nitrogens is 1. The van der Waals surface area contributed by atoms with Gasteiger partial charge in [-0.3, -0.25) is 9.59 Å². The second-order valence-electron chi connectivity index (χ2n) is 5.88. The van der Waals surface area contributed by atoms with Crippen LogP contribution in [-0.2, 0) is 4.74 Å². The maximum atomic E-state index is 12.3. The quantitative estimate of drug-likeness (QED) is 0.674. The molecule has 0 unspecified atom stereocenters. The molecule has 0 aliphatic heterocycles. The number of hydrogen-bond donors (Lipinski definition) is 2. The summed E-state index contributed by atoms with van der Waals surface area (Å²) in [6.45, 7) is 5.14. The van der Waals surface area contributed by atoms with Gasteiger partial charge >= 0.3 is 0 Å². The van der Waals surface area contributed by atoms with E-state index in [2.05, 4.69) is 10.3 Å². The highest BCUT2D eigenvalue weighted by molar-refractivity contribution is 7.21. The summed E-state index contributed by atoms with van der Waals surface area (Å²) >= 11 is 1.35. The Morgan fingerprint density at radius 1 is 1.29 bits per heavy atom. The minimum atomic E-state index is -0.163. The Balaban J connectivity index is 1.78. The second-order valence-corrected chi connectivity index (χ2v) is 6.93. The molecule has 1 amide bonds. The largest absolute Gasteiger partial charge is 0.379 e. The third-order valence-electron chi connectivity index (χ3n) is 3.68. The molecule has 0 aliphatic carbocycles. The molecule has 0 fully saturated rings. The first-order valence-electron chi connectivity index (χ1n) is 8.00. The fraction of sp³-hybridized carbons (Fsp3) is 0.333. The Bertz CT molecular complexity index is 927. The van der Waals surface area contributed by atoms with Gasteiger partial charge in [0.25, 0.3) is 11.5 Å². The van der Waals surface area contributed by atoms with Gasteiger partial charge in [-0.25, -0.2) is 0 Å². The predicted molar refractivity (Wildman–Crippen MR) is 98.0 cm³/mol. The van der Waals surface area contributed by atoms with Crippen LogP contribution in [0.25, 0.3) is 21.0 Å². The van der Waals surface area contributed by atoms with Crippen molar-refractivity contribution in [1.29, 1.82) is 0 Å². The Morgan fingerprint density at radius 3 is 2.88 bits per heavy atom. The van der Waals surface area contributed by atoms with E-state index in [0.717, 1.165) is 22.0 Å². The monoisotopic (exact) mass is 344 g/mol. The summed E-state index contributed by atoms with van der Waals surface area (Å²) in [5, 5.41) is 4.40. The molecule has 2 heterocycles. The summed E-state index contributed by atoms with van der Waals surface area (Å²) < 4.78 is 6.30. The molecule has 6 heteroatoms. The van der Waals surface area contributed by atoms with Crippen LogP contribution >= 0.6 is 11.3 Å². The van der Waals surface area contributed by atoms with Gasteiger partial charge in [-0.2, -0.15) is 0 Å². The van der Waals surface area contributed by atoms with E-state index in [1.807, 2.05) is 38.1 Å². The molecule has 0 spiro atoms. The number of para-hydroxylation sites is 1. The summed E-state index contributed by atoms with van der Waals surface area (Å²) in [7, 11) is 0. The van der Waals surface area contributed by atoms with Gasteiger partial charge in [0, 0.05) is 28.8 Å². The van der Waals surface area contributed by atoms with E-state index in [1.165, 1.54) is 11.3 Å². The van der Waals surface area contributed by atoms with E-state index >= 15 is 0 Å². The first-order valence-corrected chi connectivity index (χ1v) is 8.82. The lowest BCUT2D eigenvalue weighted by Crippen LogP contribution is -2.24. The zero-order valence-electron chi connectivity index (χ0n) is 13.7. The summed E-state index contributed by atoms with van der Waals surface area (Å²) in [4.78, 5) is 27.9. The highest BCUT2D eigenvalue weighted by atomic mass is 32.1. The number of carbonyl (C=O) groups is 1. The first kappa shape index (κ1) is 16.7. The van der Waals surface area contributed by atoms with Crippen molar-refractivity contribution in [3.05, 3.63) is 45.6 Å². The molecule has 0 radical (unpaired) electrons. The molecule has 3 aromatic rings. The first-order chi connectivity index (χ1) is 11.6. The molecule has 1 aromatic carbocycles. The number of rotatable bonds is 6. The van der Waals surface area contributed by atoms with Gasteiger partial charge < -0.3 is 15.0 Å². The van der Waals surface area contributed by atoms with Crippen molar-refractivity contribution < 1.29 is 9.53 Å². The number of hydrogen-bond acceptors (Lipinski definition) is 4. The number of pyridine rings is 1. The van der Waals surface area contributed by atoms with Crippen molar-refractivity contribution >= 4 is 38.2 Å². The maximum Gasteiger partial charge on any atom is 0.261 e. The molecular formula is C18H20N2O3S. The van der Waals surface area contributed by atoms with Crippen molar-refractivity contribution in [2.24, 2.45) is 0 Å². The fourth-order valence-electron chi connectivity index (χ4n) is 2.53. The molecule has 0 saturated carbocycles. The molecule has 0 saturated heterocycles. The Morgan fingerprint density at radius 2 is 2.08 bits per heavy atom. The average Bonchev–Trinajstić information content (AvgIpc) is 3.00. The lowest BCUT2D eigenvalue weighted by Gasteiger charge is -2.07. The number of ether oxygens (including phenoxy) is 1. The fourth-order valence-corrected chi connectivity index (χ4v) is 3.64. The van der Waals surface area contributed by atoms with E-state index in [0.29, 0.717) is 23.4 Å². The Hall–Kier alpha value is -2.18. The predicted octanol–water partition coefficient (Wildman–Crippen LogP) is 3.29.